The lowest BCUT2D eigenvalue weighted by Crippen LogP contribution is -1.93. The fourth-order valence-electron chi connectivity index (χ4n) is 0.524. The summed E-state index contributed by atoms with van der Waals surface area (Å²) in [5.74, 6) is 0.532. The Morgan fingerprint density at radius 3 is 2.55 bits per heavy atom. The standard InChI is InChI=1S/C7H7NO.C2H6/c1-3-8-7-6(2)4-5-9-7;1-2/h3-5H,1-2H2;1-2H3. The second-order valence-corrected chi connectivity index (χ2v) is 1.56. The smallest absolute Gasteiger partial charge is 0.225 e. The van der Waals surface area contributed by atoms with Crippen molar-refractivity contribution in [3.8, 4) is 0 Å². The maximum absolute atomic E-state index is 4.90. The first-order valence-corrected chi connectivity index (χ1v) is 3.56. The number of aliphatic imine (C=N–C) groups is 1. The fourth-order valence-corrected chi connectivity index (χ4v) is 0.524. The lowest BCUT2D eigenvalue weighted by molar-refractivity contribution is 0.487. The Bertz CT molecular complexity index is 202. The monoisotopic (exact) mass is 151 g/mol. The molecule has 0 aliphatic carbocycles. The molecule has 0 atom stereocenters. The van der Waals surface area contributed by atoms with Crippen LogP contribution in [0.5, 0.6) is 0 Å². The lowest BCUT2D eigenvalue weighted by Gasteiger charge is -1.92. The molecule has 0 bridgehead atoms. The van der Waals surface area contributed by atoms with Crippen LogP contribution in [0.4, 0.5) is 0 Å². The van der Waals surface area contributed by atoms with Gasteiger partial charge in [-0.3, -0.25) is 0 Å². The quantitative estimate of drug-likeness (QED) is 0.564. The van der Waals surface area contributed by atoms with Crippen LogP contribution in [0.25, 0.3) is 0 Å². The molecule has 0 amide bonds. The van der Waals surface area contributed by atoms with Gasteiger partial charge in [-0.05, 0) is 6.08 Å². The van der Waals surface area contributed by atoms with Gasteiger partial charge in [-0.15, -0.1) is 0 Å². The molecule has 1 aliphatic rings. The van der Waals surface area contributed by atoms with E-state index in [-0.39, 0.29) is 0 Å². The Morgan fingerprint density at radius 1 is 1.55 bits per heavy atom. The summed E-state index contributed by atoms with van der Waals surface area (Å²) in [6.45, 7) is 11.1. The van der Waals surface area contributed by atoms with Gasteiger partial charge in [0.15, 0.2) is 0 Å². The van der Waals surface area contributed by atoms with Crippen molar-refractivity contribution in [2.75, 3.05) is 0 Å². The summed E-state index contributed by atoms with van der Waals surface area (Å²) in [6, 6.07) is 0. The Hall–Kier alpha value is -1.31. The van der Waals surface area contributed by atoms with Gasteiger partial charge in [-0.25, -0.2) is 4.99 Å². The van der Waals surface area contributed by atoms with E-state index in [1.54, 1.807) is 12.3 Å². The van der Waals surface area contributed by atoms with Gasteiger partial charge in [0.1, 0.15) is 0 Å². The number of hydrogen-bond donors (Lipinski definition) is 0. The second kappa shape index (κ2) is 5.47. The van der Waals surface area contributed by atoms with E-state index < -0.39 is 0 Å². The number of hydrogen-bond acceptors (Lipinski definition) is 2. The van der Waals surface area contributed by atoms with Crippen LogP contribution in [0.15, 0.2) is 42.3 Å². The second-order valence-electron chi connectivity index (χ2n) is 1.56. The van der Waals surface area contributed by atoms with Crippen molar-refractivity contribution >= 4 is 5.90 Å². The third kappa shape index (κ3) is 2.85. The normalized spacial score (nSPS) is 17.3. The molecule has 1 heterocycles. The molecule has 0 unspecified atom stereocenters. The molecule has 11 heavy (non-hydrogen) atoms. The molecule has 0 saturated heterocycles. The Kier molecular flexibility index (Phi) is 4.82. The zero-order valence-electron chi connectivity index (χ0n) is 7.00. The van der Waals surface area contributed by atoms with Gasteiger partial charge in [-0.1, -0.05) is 27.0 Å². The molecule has 0 radical (unpaired) electrons. The molecule has 0 aromatic heterocycles. The topological polar surface area (TPSA) is 21.6 Å². The van der Waals surface area contributed by atoms with Crippen LogP contribution in [0, 0.1) is 0 Å². The molecule has 1 aliphatic heterocycles. The van der Waals surface area contributed by atoms with Crippen molar-refractivity contribution in [1.29, 1.82) is 0 Å². The van der Waals surface area contributed by atoms with Crippen LogP contribution in [0.2, 0.25) is 0 Å². The van der Waals surface area contributed by atoms with Gasteiger partial charge in [0.25, 0.3) is 0 Å². The molecular formula is C9H13NO. The number of rotatable bonds is 1. The van der Waals surface area contributed by atoms with Crippen LogP contribution in [0.1, 0.15) is 13.8 Å². The van der Waals surface area contributed by atoms with Gasteiger partial charge in [0.05, 0.1) is 6.26 Å². The highest BCUT2D eigenvalue weighted by atomic mass is 16.5. The summed E-state index contributed by atoms with van der Waals surface area (Å²) < 4.78 is 4.90. The average molecular weight is 151 g/mol. The minimum absolute atomic E-state index is 0.532. The molecule has 2 heteroatoms. The molecule has 1 rings (SSSR count). The summed E-state index contributed by atoms with van der Waals surface area (Å²) in [6.07, 6.45) is 4.72. The van der Waals surface area contributed by atoms with E-state index in [1.165, 1.54) is 6.20 Å². The summed E-state index contributed by atoms with van der Waals surface area (Å²) in [5.41, 5.74) is 0.787. The van der Waals surface area contributed by atoms with Crippen LogP contribution in [0.3, 0.4) is 0 Å². The number of ether oxygens (including phenoxy) is 1. The molecule has 0 aromatic carbocycles. The van der Waals surface area contributed by atoms with Crippen LogP contribution >= 0.6 is 0 Å². The molecule has 60 valence electrons. The molecule has 0 fully saturated rings. The molecule has 0 saturated carbocycles. The van der Waals surface area contributed by atoms with E-state index in [2.05, 4.69) is 18.2 Å². The summed E-state index contributed by atoms with van der Waals surface area (Å²) in [4.78, 5) is 3.80. The zero-order valence-corrected chi connectivity index (χ0v) is 7.00. The van der Waals surface area contributed by atoms with Crippen molar-refractivity contribution in [2.45, 2.75) is 13.8 Å². The van der Waals surface area contributed by atoms with Crippen molar-refractivity contribution in [2.24, 2.45) is 4.99 Å². The fraction of sp³-hybridized carbons (Fsp3) is 0.222. The first-order chi connectivity index (χ1) is 5.34. The largest absolute Gasteiger partial charge is 0.446 e. The van der Waals surface area contributed by atoms with E-state index in [4.69, 9.17) is 4.74 Å². The van der Waals surface area contributed by atoms with Crippen LogP contribution in [-0.2, 0) is 4.74 Å². The van der Waals surface area contributed by atoms with Gasteiger partial charge >= 0.3 is 0 Å². The van der Waals surface area contributed by atoms with Gasteiger partial charge < -0.3 is 4.74 Å². The SMILES string of the molecule is C=CN=C1OC=CC1=C.CC. The first-order valence-electron chi connectivity index (χ1n) is 3.56. The van der Waals surface area contributed by atoms with Gasteiger partial charge in [0, 0.05) is 11.8 Å². The van der Waals surface area contributed by atoms with E-state index >= 15 is 0 Å². The lowest BCUT2D eigenvalue weighted by atomic mass is 10.3. The van der Waals surface area contributed by atoms with Crippen molar-refractivity contribution < 1.29 is 4.74 Å². The van der Waals surface area contributed by atoms with E-state index in [0.717, 1.165) is 5.57 Å². The highest BCUT2D eigenvalue weighted by molar-refractivity contribution is 5.98. The first kappa shape index (κ1) is 9.69. The van der Waals surface area contributed by atoms with Gasteiger partial charge in [0.2, 0.25) is 5.90 Å². The molecule has 0 spiro atoms. The highest BCUT2D eigenvalue weighted by Gasteiger charge is 2.05. The minimum Gasteiger partial charge on any atom is -0.446 e. The molecule has 2 nitrogen and oxygen atoms in total. The van der Waals surface area contributed by atoms with E-state index in [0.29, 0.717) is 5.90 Å². The molecule has 0 aromatic rings. The average Bonchev–Trinajstić information content (AvgIpc) is 2.42. The summed E-state index contributed by atoms with van der Waals surface area (Å²) >= 11 is 0. The maximum Gasteiger partial charge on any atom is 0.225 e. The summed E-state index contributed by atoms with van der Waals surface area (Å²) in [7, 11) is 0. The molecule has 0 N–H and O–H groups in total. The maximum atomic E-state index is 4.90. The predicted octanol–water partition coefficient (Wildman–Crippen LogP) is 2.65. The zero-order chi connectivity index (χ0) is 8.69. The van der Waals surface area contributed by atoms with Gasteiger partial charge in [-0.2, -0.15) is 0 Å². The van der Waals surface area contributed by atoms with Crippen molar-refractivity contribution in [3.63, 3.8) is 0 Å². The van der Waals surface area contributed by atoms with Crippen LogP contribution < -0.4 is 0 Å². The van der Waals surface area contributed by atoms with Crippen LogP contribution in [-0.4, -0.2) is 5.90 Å². The van der Waals surface area contributed by atoms with E-state index in [1.807, 2.05) is 13.8 Å². The predicted molar refractivity (Wildman–Crippen MR) is 48.3 cm³/mol. The van der Waals surface area contributed by atoms with Crippen molar-refractivity contribution in [1.82, 2.24) is 0 Å². The van der Waals surface area contributed by atoms with E-state index in [9.17, 15) is 0 Å². The minimum atomic E-state index is 0.532. The third-order valence-electron chi connectivity index (χ3n) is 0.932. The van der Waals surface area contributed by atoms with Crippen molar-refractivity contribution in [3.05, 3.63) is 37.3 Å². The Morgan fingerprint density at radius 2 is 2.18 bits per heavy atom. The molecular weight excluding hydrogens is 138 g/mol. The Balaban J connectivity index is 0.000000461. The third-order valence-corrected chi connectivity index (χ3v) is 0.932. The Labute approximate surface area is 67.6 Å². The summed E-state index contributed by atoms with van der Waals surface area (Å²) in [5, 5.41) is 0. The highest BCUT2D eigenvalue weighted by Crippen LogP contribution is 2.07. The number of nitrogens with zero attached hydrogens (tertiary/aromatic N) is 1.